The van der Waals surface area contributed by atoms with Gasteiger partial charge in [-0.15, -0.1) is 0 Å². The van der Waals surface area contributed by atoms with E-state index in [0.29, 0.717) is 11.6 Å². The van der Waals surface area contributed by atoms with Crippen LogP contribution in [0.2, 0.25) is 0 Å². The van der Waals surface area contributed by atoms with Gasteiger partial charge in [-0.2, -0.15) is 0 Å². The van der Waals surface area contributed by atoms with Crippen LogP contribution >= 0.6 is 11.8 Å². The van der Waals surface area contributed by atoms with Gasteiger partial charge in [0.2, 0.25) is 11.8 Å². The molecule has 6 heteroatoms. The lowest BCUT2D eigenvalue weighted by molar-refractivity contribution is -0.117. The van der Waals surface area contributed by atoms with Crippen LogP contribution in [0.25, 0.3) is 10.8 Å². The summed E-state index contributed by atoms with van der Waals surface area (Å²) in [6.45, 7) is 0. The lowest BCUT2D eigenvalue weighted by atomic mass is 10.1. The molecule has 0 saturated carbocycles. The van der Waals surface area contributed by atoms with Crippen LogP contribution in [0.3, 0.4) is 0 Å². The van der Waals surface area contributed by atoms with Crippen molar-refractivity contribution in [3.63, 3.8) is 0 Å². The minimum atomic E-state index is -0.231. The molecule has 2 heterocycles. The molecule has 1 N–H and O–H groups in total. The highest BCUT2D eigenvalue weighted by Crippen LogP contribution is 2.31. The van der Waals surface area contributed by atoms with E-state index in [-0.39, 0.29) is 11.1 Å². The van der Waals surface area contributed by atoms with Gasteiger partial charge in [-0.05, 0) is 60.0 Å². The van der Waals surface area contributed by atoms with Gasteiger partial charge >= 0.3 is 0 Å². The number of rotatable bonds is 2. The van der Waals surface area contributed by atoms with E-state index in [2.05, 4.69) is 28.5 Å². The molecule has 1 aliphatic heterocycles. The minimum absolute atomic E-state index is 0.185. The first kappa shape index (κ1) is 17.5. The second-order valence-electron chi connectivity index (χ2n) is 6.35. The number of nitrogens with zero attached hydrogens (tertiary/aromatic N) is 1. The number of nitrogens with one attached hydrogen (secondary N) is 1. The number of amides is 2. The van der Waals surface area contributed by atoms with E-state index in [1.54, 1.807) is 6.20 Å². The Hall–Kier alpha value is -2.86. The molecular formula is C21H18N2O3S. The van der Waals surface area contributed by atoms with Crippen LogP contribution in [-0.2, 0) is 17.6 Å². The zero-order chi connectivity index (χ0) is 18.6. The second-order valence-corrected chi connectivity index (χ2v) is 7.30. The van der Waals surface area contributed by atoms with Crippen molar-refractivity contribution in [2.75, 3.05) is 5.75 Å². The lowest BCUT2D eigenvalue weighted by Crippen LogP contribution is -2.18. The van der Waals surface area contributed by atoms with E-state index >= 15 is 0 Å². The third-order valence-electron chi connectivity index (χ3n) is 4.50. The van der Waals surface area contributed by atoms with E-state index in [1.807, 2.05) is 30.3 Å². The molecule has 1 aliphatic carbocycles. The second kappa shape index (κ2) is 7.80. The van der Waals surface area contributed by atoms with Crippen LogP contribution in [-0.4, -0.2) is 21.9 Å². The third-order valence-corrected chi connectivity index (χ3v) is 5.27. The quantitative estimate of drug-likeness (QED) is 0.712. The maximum Gasteiger partial charge on any atom is 0.286 e. The molecule has 5 nitrogen and oxygen atoms in total. The van der Waals surface area contributed by atoms with E-state index in [0.717, 1.165) is 34.7 Å². The molecule has 2 aliphatic rings. The molecule has 2 aromatic carbocycles. The number of fused-ring (bicyclic) bond motifs is 2. The van der Waals surface area contributed by atoms with Crippen molar-refractivity contribution in [1.29, 1.82) is 0 Å². The van der Waals surface area contributed by atoms with E-state index in [1.165, 1.54) is 24.0 Å². The van der Waals surface area contributed by atoms with E-state index in [4.69, 9.17) is 4.74 Å². The number of benzene rings is 2. The molecule has 0 bridgehead atoms. The normalized spacial score (nSPS) is 15.1. The SMILES string of the molecule is O=C1CSC(=O)N1.c1ccc2c(Oc3ccc4c(c3)CCC4)nccc2c1. The molecule has 2 amide bonds. The smallest absolute Gasteiger partial charge is 0.286 e. The van der Waals surface area contributed by atoms with Crippen molar-refractivity contribution in [2.45, 2.75) is 19.3 Å². The molecule has 136 valence electrons. The summed E-state index contributed by atoms with van der Waals surface area (Å²) in [5.41, 5.74) is 2.88. The fourth-order valence-corrected chi connectivity index (χ4v) is 3.73. The van der Waals surface area contributed by atoms with Crippen molar-refractivity contribution in [3.8, 4) is 11.6 Å². The zero-order valence-corrected chi connectivity index (χ0v) is 15.4. The molecular weight excluding hydrogens is 360 g/mol. The summed E-state index contributed by atoms with van der Waals surface area (Å²) in [5, 5.41) is 4.07. The molecule has 3 aromatic rings. The summed E-state index contributed by atoms with van der Waals surface area (Å²) in [6, 6.07) is 16.6. The van der Waals surface area contributed by atoms with Crippen LogP contribution in [0, 0.1) is 0 Å². The summed E-state index contributed by atoms with van der Waals surface area (Å²) < 4.78 is 6.01. The Morgan fingerprint density at radius 2 is 1.85 bits per heavy atom. The van der Waals surface area contributed by atoms with Gasteiger partial charge in [0.25, 0.3) is 5.24 Å². The van der Waals surface area contributed by atoms with Crippen LogP contribution in [0.15, 0.2) is 54.7 Å². The number of imide groups is 1. The van der Waals surface area contributed by atoms with Gasteiger partial charge in [0.05, 0.1) is 5.75 Å². The number of pyridine rings is 1. The van der Waals surface area contributed by atoms with Crippen molar-refractivity contribution in [3.05, 3.63) is 65.9 Å². The Balaban J connectivity index is 0.000000218. The largest absolute Gasteiger partial charge is 0.438 e. The van der Waals surface area contributed by atoms with Crippen molar-refractivity contribution < 1.29 is 14.3 Å². The minimum Gasteiger partial charge on any atom is -0.438 e. The number of hydrogen-bond acceptors (Lipinski definition) is 5. The fraction of sp³-hybridized carbons (Fsp3) is 0.190. The number of aryl methyl sites for hydroxylation is 2. The first-order chi connectivity index (χ1) is 13.2. The zero-order valence-electron chi connectivity index (χ0n) is 14.6. The molecule has 5 rings (SSSR count). The number of ether oxygens (including phenoxy) is 1. The molecule has 27 heavy (non-hydrogen) atoms. The number of thioether (sulfide) groups is 1. The van der Waals surface area contributed by atoms with E-state index in [9.17, 15) is 9.59 Å². The molecule has 1 aromatic heterocycles. The lowest BCUT2D eigenvalue weighted by Gasteiger charge is -2.09. The molecule has 0 spiro atoms. The fourth-order valence-electron chi connectivity index (χ4n) is 3.21. The van der Waals surface area contributed by atoms with E-state index < -0.39 is 0 Å². The predicted molar refractivity (Wildman–Crippen MR) is 106 cm³/mol. The predicted octanol–water partition coefficient (Wildman–Crippen LogP) is 4.49. The van der Waals surface area contributed by atoms with Crippen LogP contribution in [0.5, 0.6) is 11.6 Å². The standard InChI is InChI=1S/C18H15NO.C3H3NO2S/c1-2-7-17-14(4-1)10-11-19-18(17)20-16-9-8-13-5-3-6-15(13)12-16;5-2-1-7-3(6)4-2/h1-2,4,7-12H,3,5-6H2;1H2,(H,4,5,6). The first-order valence-corrected chi connectivity index (χ1v) is 9.77. The Kier molecular flexibility index (Phi) is 5.07. The van der Waals surface area contributed by atoms with Gasteiger partial charge in [-0.1, -0.05) is 36.0 Å². The van der Waals surface area contributed by atoms with Crippen molar-refractivity contribution in [2.24, 2.45) is 0 Å². The highest BCUT2D eigenvalue weighted by molar-refractivity contribution is 8.14. The Morgan fingerprint density at radius 3 is 2.63 bits per heavy atom. The molecule has 1 saturated heterocycles. The highest BCUT2D eigenvalue weighted by Gasteiger charge is 2.16. The topological polar surface area (TPSA) is 68.3 Å². The Labute approximate surface area is 161 Å². The molecule has 0 unspecified atom stereocenters. The Morgan fingerprint density at radius 1 is 1.00 bits per heavy atom. The average molecular weight is 378 g/mol. The molecule has 1 fully saturated rings. The maximum atomic E-state index is 10.1. The molecule has 0 radical (unpaired) electrons. The first-order valence-electron chi connectivity index (χ1n) is 8.79. The summed E-state index contributed by atoms with van der Waals surface area (Å²) >= 11 is 1.01. The molecule has 0 atom stereocenters. The summed E-state index contributed by atoms with van der Waals surface area (Å²) in [5.74, 6) is 1.67. The summed E-state index contributed by atoms with van der Waals surface area (Å²) in [7, 11) is 0. The van der Waals surface area contributed by atoms with Crippen molar-refractivity contribution >= 4 is 33.7 Å². The number of carbonyl (C=O) groups excluding carboxylic acids is 2. The van der Waals surface area contributed by atoms with Crippen LogP contribution in [0.1, 0.15) is 17.5 Å². The van der Waals surface area contributed by atoms with Crippen molar-refractivity contribution in [1.82, 2.24) is 10.3 Å². The van der Waals surface area contributed by atoms with Gasteiger partial charge in [-0.25, -0.2) is 4.98 Å². The summed E-state index contributed by atoms with van der Waals surface area (Å²) in [4.78, 5) is 24.6. The monoisotopic (exact) mass is 378 g/mol. The van der Waals surface area contributed by atoms with Gasteiger partial charge in [0, 0.05) is 11.6 Å². The number of carbonyl (C=O) groups is 2. The van der Waals surface area contributed by atoms with Gasteiger partial charge < -0.3 is 4.74 Å². The number of hydrogen-bond donors (Lipinski definition) is 1. The highest BCUT2D eigenvalue weighted by atomic mass is 32.2. The number of aromatic nitrogens is 1. The van der Waals surface area contributed by atoms with Crippen LogP contribution in [0.4, 0.5) is 4.79 Å². The maximum absolute atomic E-state index is 10.1. The average Bonchev–Trinajstić information content (AvgIpc) is 3.30. The summed E-state index contributed by atoms with van der Waals surface area (Å²) in [6.07, 6.45) is 5.41. The van der Waals surface area contributed by atoms with Crippen LogP contribution < -0.4 is 10.1 Å². The van der Waals surface area contributed by atoms with Gasteiger partial charge in [0.1, 0.15) is 5.75 Å². The van der Waals surface area contributed by atoms with Gasteiger partial charge in [0.15, 0.2) is 0 Å². The Bertz CT molecular complexity index is 1000. The third kappa shape index (κ3) is 4.11. The van der Waals surface area contributed by atoms with Gasteiger partial charge in [-0.3, -0.25) is 14.9 Å².